The molecule has 2 rings (SSSR count). The van der Waals surface area contributed by atoms with E-state index in [1.807, 2.05) is 0 Å². The quantitative estimate of drug-likeness (QED) is 0.618. The molecule has 0 aliphatic rings. The molecule has 0 atom stereocenters. The Morgan fingerprint density at radius 3 is 2.63 bits per heavy atom. The van der Waals surface area contributed by atoms with Crippen LogP contribution in [0.2, 0.25) is 0 Å². The maximum atomic E-state index is 12.4. The fourth-order valence-electron chi connectivity index (χ4n) is 2.27. The second-order valence-electron chi connectivity index (χ2n) is 6.26. The number of amides is 1. The van der Waals surface area contributed by atoms with Crippen molar-refractivity contribution in [3.63, 3.8) is 0 Å². The zero-order valence-electron chi connectivity index (χ0n) is 15.7. The number of ether oxygens (including phenoxy) is 1. The van der Waals surface area contributed by atoms with Gasteiger partial charge in [0, 0.05) is 32.9 Å². The van der Waals surface area contributed by atoms with E-state index in [4.69, 9.17) is 4.74 Å². The number of nitrogens with zero attached hydrogens (tertiary/aromatic N) is 2. The molecule has 142 valence electrons. The fraction of sp³-hybridized carbons (Fsp3) is 0.250. The van der Waals surface area contributed by atoms with Gasteiger partial charge in [0.15, 0.2) is 12.4 Å². The van der Waals surface area contributed by atoms with Gasteiger partial charge in [0.1, 0.15) is 17.1 Å². The minimum Gasteiger partial charge on any atom is -0.507 e. The number of aromatic hydroxyl groups is 1. The highest BCUT2D eigenvalue weighted by Gasteiger charge is 2.16. The lowest BCUT2D eigenvalue weighted by Crippen LogP contribution is -2.27. The lowest BCUT2D eigenvalue weighted by molar-refractivity contribution is -0.130. The number of hydrogen-bond acceptors (Lipinski definition) is 5. The Morgan fingerprint density at radius 2 is 1.96 bits per heavy atom. The van der Waals surface area contributed by atoms with E-state index in [0.29, 0.717) is 17.0 Å². The van der Waals surface area contributed by atoms with Crippen molar-refractivity contribution in [1.29, 1.82) is 0 Å². The molecule has 0 bridgehead atoms. The summed E-state index contributed by atoms with van der Waals surface area (Å²) < 4.78 is 6.73. The van der Waals surface area contributed by atoms with Gasteiger partial charge in [0.2, 0.25) is 0 Å². The van der Waals surface area contributed by atoms with Crippen molar-refractivity contribution in [2.24, 2.45) is 7.05 Å². The summed E-state index contributed by atoms with van der Waals surface area (Å²) >= 11 is 0. The third-order valence-electron chi connectivity index (χ3n) is 4.04. The first kappa shape index (κ1) is 20.0. The zero-order valence-corrected chi connectivity index (χ0v) is 15.7. The van der Waals surface area contributed by atoms with Gasteiger partial charge in [0.05, 0.1) is 0 Å². The van der Waals surface area contributed by atoms with Gasteiger partial charge in [-0.25, -0.2) is 0 Å². The van der Waals surface area contributed by atoms with E-state index in [1.165, 1.54) is 34.7 Å². The summed E-state index contributed by atoms with van der Waals surface area (Å²) in [6, 6.07) is 8.21. The van der Waals surface area contributed by atoms with E-state index in [2.05, 4.69) is 0 Å². The first-order valence-corrected chi connectivity index (χ1v) is 8.25. The van der Waals surface area contributed by atoms with Crippen LogP contribution in [0.3, 0.4) is 0 Å². The highest BCUT2D eigenvalue weighted by Crippen LogP contribution is 2.17. The number of allylic oxidation sites excluding steroid dienone is 1. The minimum absolute atomic E-state index is 0.0909. The molecule has 2 aromatic rings. The Bertz CT molecular complexity index is 957. The fourth-order valence-corrected chi connectivity index (χ4v) is 2.27. The van der Waals surface area contributed by atoms with E-state index in [-0.39, 0.29) is 23.8 Å². The second-order valence-corrected chi connectivity index (χ2v) is 6.26. The molecule has 27 heavy (non-hydrogen) atoms. The molecule has 1 N–H and O–H groups in total. The van der Waals surface area contributed by atoms with E-state index < -0.39 is 11.3 Å². The number of rotatable bonds is 6. The Labute approximate surface area is 157 Å². The third kappa shape index (κ3) is 4.84. The molecule has 0 fully saturated rings. The molecule has 0 saturated carbocycles. The summed E-state index contributed by atoms with van der Waals surface area (Å²) in [4.78, 5) is 37.6. The lowest BCUT2D eigenvalue weighted by Gasteiger charge is -2.11. The third-order valence-corrected chi connectivity index (χ3v) is 4.04. The van der Waals surface area contributed by atoms with E-state index in [0.717, 1.165) is 0 Å². The van der Waals surface area contributed by atoms with Crippen molar-refractivity contribution in [1.82, 2.24) is 9.47 Å². The molecule has 1 aromatic heterocycles. The average molecular weight is 370 g/mol. The SMILES string of the molecule is Cc1cc(O)c(C(=O)/C=C/c2cccc(OCC(=O)N(C)C)c2)c(=O)n1C. The van der Waals surface area contributed by atoms with E-state index in [9.17, 15) is 19.5 Å². The first-order valence-electron chi connectivity index (χ1n) is 8.25. The van der Waals surface area contributed by atoms with Gasteiger partial charge in [-0.05, 0) is 30.7 Å². The Morgan fingerprint density at radius 1 is 1.26 bits per heavy atom. The summed E-state index contributed by atoms with van der Waals surface area (Å²) in [6.45, 7) is 1.57. The van der Waals surface area contributed by atoms with Crippen LogP contribution in [0, 0.1) is 6.92 Å². The highest BCUT2D eigenvalue weighted by atomic mass is 16.5. The van der Waals surface area contributed by atoms with Gasteiger partial charge in [-0.1, -0.05) is 18.2 Å². The average Bonchev–Trinajstić information content (AvgIpc) is 2.62. The van der Waals surface area contributed by atoms with Crippen LogP contribution in [-0.2, 0) is 11.8 Å². The normalized spacial score (nSPS) is 10.8. The van der Waals surface area contributed by atoms with Crippen LogP contribution in [0.4, 0.5) is 0 Å². The molecular formula is C20H22N2O5. The molecule has 0 aliphatic heterocycles. The molecule has 1 amide bonds. The largest absolute Gasteiger partial charge is 0.507 e. The van der Waals surface area contributed by atoms with E-state index in [1.54, 1.807) is 45.3 Å². The number of aromatic nitrogens is 1. The van der Waals surface area contributed by atoms with Gasteiger partial charge in [-0.2, -0.15) is 0 Å². The van der Waals surface area contributed by atoms with Crippen molar-refractivity contribution < 1.29 is 19.4 Å². The summed E-state index contributed by atoms with van der Waals surface area (Å²) in [5.74, 6) is -0.627. The maximum Gasteiger partial charge on any atom is 0.265 e. The molecule has 7 nitrogen and oxygen atoms in total. The molecule has 1 heterocycles. The van der Waals surface area contributed by atoms with Crippen molar-refractivity contribution in [2.45, 2.75) is 6.92 Å². The number of benzene rings is 1. The molecule has 0 unspecified atom stereocenters. The number of ketones is 1. The van der Waals surface area contributed by atoms with Gasteiger partial charge >= 0.3 is 0 Å². The van der Waals surface area contributed by atoms with Crippen LogP contribution >= 0.6 is 0 Å². The molecular weight excluding hydrogens is 348 g/mol. The Hall–Kier alpha value is -3.35. The Kier molecular flexibility index (Phi) is 6.18. The van der Waals surface area contributed by atoms with Crippen LogP contribution in [0.5, 0.6) is 11.5 Å². The topological polar surface area (TPSA) is 88.8 Å². The molecule has 7 heteroatoms. The standard InChI is InChI=1S/C20H22N2O5/c1-13-10-17(24)19(20(26)22(13)4)16(23)9-8-14-6-5-7-15(11-14)27-12-18(25)21(2)3/h5-11,24H,12H2,1-4H3/b9-8+. The van der Waals surface area contributed by atoms with Gasteiger partial charge in [-0.15, -0.1) is 0 Å². The van der Waals surface area contributed by atoms with Crippen LogP contribution in [0.25, 0.3) is 6.08 Å². The molecule has 0 spiro atoms. The predicted molar refractivity (Wildman–Crippen MR) is 102 cm³/mol. The second kappa shape index (κ2) is 8.35. The summed E-state index contributed by atoms with van der Waals surface area (Å²) in [5.41, 5.74) is 0.376. The van der Waals surface area contributed by atoms with Crippen molar-refractivity contribution >= 4 is 17.8 Å². The monoisotopic (exact) mass is 370 g/mol. The molecule has 1 aromatic carbocycles. The first-order chi connectivity index (χ1) is 12.7. The number of likely N-dealkylation sites (N-methyl/N-ethyl adjacent to an activating group) is 1. The van der Waals surface area contributed by atoms with Crippen LogP contribution in [-0.4, -0.2) is 47.0 Å². The van der Waals surface area contributed by atoms with Crippen LogP contribution < -0.4 is 10.3 Å². The Balaban J connectivity index is 2.18. The summed E-state index contributed by atoms with van der Waals surface area (Å²) in [6.07, 6.45) is 2.73. The zero-order chi connectivity index (χ0) is 20.1. The minimum atomic E-state index is -0.595. The van der Waals surface area contributed by atoms with Gasteiger partial charge in [-0.3, -0.25) is 14.4 Å². The summed E-state index contributed by atoms with van der Waals surface area (Å²) in [7, 11) is 4.82. The highest BCUT2D eigenvalue weighted by molar-refractivity contribution is 6.08. The number of pyridine rings is 1. The summed E-state index contributed by atoms with van der Waals surface area (Å²) in [5, 5.41) is 9.95. The predicted octanol–water partition coefficient (Wildman–Crippen LogP) is 1.76. The van der Waals surface area contributed by atoms with Gasteiger partial charge in [0.25, 0.3) is 11.5 Å². The lowest BCUT2D eigenvalue weighted by atomic mass is 10.1. The van der Waals surface area contributed by atoms with Crippen LogP contribution in [0.15, 0.2) is 41.2 Å². The van der Waals surface area contributed by atoms with Crippen molar-refractivity contribution in [3.05, 3.63) is 63.6 Å². The number of aryl methyl sites for hydroxylation is 1. The van der Waals surface area contributed by atoms with Crippen molar-refractivity contribution in [2.75, 3.05) is 20.7 Å². The molecule has 0 saturated heterocycles. The number of hydrogen-bond donors (Lipinski definition) is 1. The molecule has 0 radical (unpaired) electrons. The van der Waals surface area contributed by atoms with Gasteiger partial charge < -0.3 is 19.3 Å². The smallest absolute Gasteiger partial charge is 0.265 e. The maximum absolute atomic E-state index is 12.4. The van der Waals surface area contributed by atoms with Crippen LogP contribution in [0.1, 0.15) is 21.6 Å². The van der Waals surface area contributed by atoms with E-state index >= 15 is 0 Å². The number of carbonyl (C=O) groups excluding carboxylic acids is 2. The van der Waals surface area contributed by atoms with Crippen molar-refractivity contribution in [3.8, 4) is 11.5 Å². The molecule has 0 aliphatic carbocycles. The number of carbonyl (C=O) groups is 2.